The number of furan rings is 1. The van der Waals surface area contributed by atoms with Gasteiger partial charge < -0.3 is 10.2 Å². The molecule has 23 heavy (non-hydrogen) atoms. The third-order valence-corrected chi connectivity index (χ3v) is 4.24. The minimum absolute atomic E-state index is 0.149. The van der Waals surface area contributed by atoms with E-state index in [1.54, 1.807) is 0 Å². The predicted molar refractivity (Wildman–Crippen MR) is 93.2 cm³/mol. The molecule has 1 atom stereocenters. The molecule has 0 saturated heterocycles. The summed E-state index contributed by atoms with van der Waals surface area (Å²) in [5, 5.41) is 1.72. The number of nitrogens with zero attached hydrogens (tertiary/aromatic N) is 2. The van der Waals surface area contributed by atoms with Crippen LogP contribution in [-0.4, -0.2) is 11.7 Å². The van der Waals surface area contributed by atoms with E-state index in [0.29, 0.717) is 11.4 Å². The molecule has 4 nitrogen and oxygen atoms in total. The minimum Gasteiger partial charge on any atom is -0.455 e. The maximum absolute atomic E-state index is 6.29. The molecular formula is C18H14ClN3O. The first-order valence-electron chi connectivity index (χ1n) is 7.35. The van der Waals surface area contributed by atoms with Crippen molar-refractivity contribution in [3.05, 3.63) is 70.9 Å². The van der Waals surface area contributed by atoms with Crippen LogP contribution in [0.15, 0.2) is 69.0 Å². The normalized spacial score (nSPS) is 17.9. The van der Waals surface area contributed by atoms with Gasteiger partial charge in [-0.3, -0.25) is 0 Å². The van der Waals surface area contributed by atoms with Crippen LogP contribution in [0.25, 0.3) is 11.0 Å². The van der Waals surface area contributed by atoms with E-state index < -0.39 is 0 Å². The number of nitrogens with two attached hydrogens (primary N) is 1. The lowest BCUT2D eigenvalue weighted by molar-refractivity contribution is 0.597. The Morgan fingerprint density at radius 3 is 2.70 bits per heavy atom. The van der Waals surface area contributed by atoms with E-state index >= 15 is 0 Å². The molecule has 2 heterocycles. The number of para-hydroxylation sites is 1. The molecule has 0 fully saturated rings. The molecule has 0 radical (unpaired) electrons. The van der Waals surface area contributed by atoms with E-state index in [1.807, 2.05) is 54.6 Å². The fourth-order valence-electron chi connectivity index (χ4n) is 2.81. The maximum atomic E-state index is 6.29. The number of hydrogen-bond acceptors (Lipinski definition) is 4. The second-order valence-corrected chi connectivity index (χ2v) is 5.84. The van der Waals surface area contributed by atoms with Crippen LogP contribution in [0.3, 0.4) is 0 Å². The van der Waals surface area contributed by atoms with Crippen LogP contribution in [-0.2, 0) is 0 Å². The molecule has 0 spiro atoms. The van der Waals surface area contributed by atoms with Gasteiger partial charge in [-0.05, 0) is 23.8 Å². The van der Waals surface area contributed by atoms with Crippen molar-refractivity contribution in [1.29, 1.82) is 0 Å². The largest absolute Gasteiger partial charge is 0.455 e. The van der Waals surface area contributed by atoms with Gasteiger partial charge in [-0.15, -0.1) is 0 Å². The van der Waals surface area contributed by atoms with Crippen LogP contribution < -0.4 is 5.73 Å². The number of benzene rings is 2. The zero-order valence-corrected chi connectivity index (χ0v) is 13.0. The SMILES string of the molecule is NC1=NC(c2ccccc2Cl)CC(c2cc3ccccc3o2)=N1. The highest BCUT2D eigenvalue weighted by Crippen LogP contribution is 2.32. The second-order valence-electron chi connectivity index (χ2n) is 5.44. The van der Waals surface area contributed by atoms with Gasteiger partial charge in [-0.25, -0.2) is 9.98 Å². The van der Waals surface area contributed by atoms with Crippen LogP contribution in [0, 0.1) is 0 Å². The first-order chi connectivity index (χ1) is 11.2. The Morgan fingerprint density at radius 1 is 1.09 bits per heavy atom. The lowest BCUT2D eigenvalue weighted by Crippen LogP contribution is -2.21. The topological polar surface area (TPSA) is 63.9 Å². The Balaban J connectivity index is 1.73. The average Bonchev–Trinajstić information content (AvgIpc) is 2.99. The van der Waals surface area contributed by atoms with Gasteiger partial charge in [0.25, 0.3) is 0 Å². The van der Waals surface area contributed by atoms with Gasteiger partial charge >= 0.3 is 0 Å². The van der Waals surface area contributed by atoms with E-state index in [-0.39, 0.29) is 12.0 Å². The number of fused-ring (bicyclic) bond motifs is 1. The molecule has 114 valence electrons. The minimum atomic E-state index is -0.149. The van der Waals surface area contributed by atoms with E-state index in [0.717, 1.165) is 28.0 Å². The van der Waals surface area contributed by atoms with Crippen molar-refractivity contribution < 1.29 is 4.42 Å². The van der Waals surface area contributed by atoms with Gasteiger partial charge in [0.15, 0.2) is 0 Å². The fraction of sp³-hybridized carbons (Fsp3) is 0.111. The van der Waals surface area contributed by atoms with E-state index in [4.69, 9.17) is 21.8 Å². The standard InChI is InChI=1S/C18H14ClN3O/c19-13-7-3-2-6-12(13)14-10-15(22-18(20)21-14)17-9-11-5-1-4-8-16(11)23-17/h1-9,14H,10H2,(H2,20,21). The molecule has 5 heteroatoms. The third-order valence-electron chi connectivity index (χ3n) is 3.90. The van der Waals surface area contributed by atoms with Crippen molar-refractivity contribution in [2.45, 2.75) is 12.5 Å². The molecule has 1 aromatic heterocycles. The van der Waals surface area contributed by atoms with E-state index in [2.05, 4.69) is 9.98 Å². The van der Waals surface area contributed by atoms with Crippen LogP contribution in [0.5, 0.6) is 0 Å². The molecule has 4 rings (SSSR count). The van der Waals surface area contributed by atoms with Crippen molar-refractivity contribution in [2.75, 3.05) is 0 Å². The first-order valence-corrected chi connectivity index (χ1v) is 7.73. The van der Waals surface area contributed by atoms with Crippen LogP contribution in [0.2, 0.25) is 5.02 Å². The highest BCUT2D eigenvalue weighted by molar-refractivity contribution is 6.31. The van der Waals surface area contributed by atoms with Crippen LogP contribution in [0.4, 0.5) is 0 Å². The van der Waals surface area contributed by atoms with Crippen molar-refractivity contribution in [3.8, 4) is 0 Å². The molecule has 1 unspecified atom stereocenters. The third kappa shape index (κ3) is 2.62. The molecule has 1 aliphatic heterocycles. The van der Waals surface area contributed by atoms with Crippen LogP contribution in [0.1, 0.15) is 23.8 Å². The molecule has 1 aliphatic rings. The summed E-state index contributed by atoms with van der Waals surface area (Å²) in [4.78, 5) is 8.78. The monoisotopic (exact) mass is 323 g/mol. The van der Waals surface area contributed by atoms with Crippen molar-refractivity contribution >= 4 is 34.2 Å². The quantitative estimate of drug-likeness (QED) is 0.762. The summed E-state index contributed by atoms with van der Waals surface area (Å²) >= 11 is 6.29. The highest BCUT2D eigenvalue weighted by atomic mass is 35.5. The number of rotatable bonds is 2. The Hall–Kier alpha value is -2.59. The summed E-state index contributed by atoms with van der Waals surface area (Å²) in [7, 11) is 0. The second kappa shape index (κ2) is 5.56. The lowest BCUT2D eigenvalue weighted by Gasteiger charge is -2.19. The number of hydrogen-bond donors (Lipinski definition) is 1. The van der Waals surface area contributed by atoms with E-state index in [1.165, 1.54) is 0 Å². The van der Waals surface area contributed by atoms with Crippen molar-refractivity contribution in [1.82, 2.24) is 0 Å². The average molecular weight is 324 g/mol. The van der Waals surface area contributed by atoms with Gasteiger partial charge in [-0.2, -0.15) is 0 Å². The highest BCUT2D eigenvalue weighted by Gasteiger charge is 2.23. The zero-order chi connectivity index (χ0) is 15.8. The molecule has 0 aliphatic carbocycles. The lowest BCUT2D eigenvalue weighted by atomic mass is 9.99. The molecular weight excluding hydrogens is 310 g/mol. The van der Waals surface area contributed by atoms with E-state index in [9.17, 15) is 0 Å². The van der Waals surface area contributed by atoms with Crippen molar-refractivity contribution in [2.24, 2.45) is 15.7 Å². The molecule has 2 N–H and O–H groups in total. The summed E-state index contributed by atoms with van der Waals surface area (Å²) in [6, 6.07) is 17.4. The maximum Gasteiger partial charge on any atom is 0.216 e. The van der Waals surface area contributed by atoms with Gasteiger partial charge in [-0.1, -0.05) is 48.0 Å². The Kier molecular flexibility index (Phi) is 3.39. The first kappa shape index (κ1) is 14.0. The number of halogens is 1. The van der Waals surface area contributed by atoms with Crippen LogP contribution >= 0.6 is 11.6 Å². The smallest absolute Gasteiger partial charge is 0.216 e. The molecule has 0 amide bonds. The number of guanidine groups is 1. The predicted octanol–water partition coefficient (Wildman–Crippen LogP) is 4.34. The fourth-order valence-corrected chi connectivity index (χ4v) is 3.07. The molecule has 2 aromatic carbocycles. The molecule has 0 saturated carbocycles. The number of aliphatic imine (C=N–C) groups is 2. The summed E-state index contributed by atoms with van der Waals surface area (Å²) in [6.45, 7) is 0. The van der Waals surface area contributed by atoms with Gasteiger partial charge in [0.2, 0.25) is 5.96 Å². The Morgan fingerprint density at radius 2 is 1.87 bits per heavy atom. The van der Waals surface area contributed by atoms with Gasteiger partial charge in [0.1, 0.15) is 11.3 Å². The zero-order valence-electron chi connectivity index (χ0n) is 12.2. The van der Waals surface area contributed by atoms with Gasteiger partial charge in [0.05, 0.1) is 11.8 Å². The summed E-state index contributed by atoms with van der Waals surface area (Å²) < 4.78 is 5.90. The Labute approximate surface area is 138 Å². The summed E-state index contributed by atoms with van der Waals surface area (Å²) in [5.74, 6) is 0.970. The summed E-state index contributed by atoms with van der Waals surface area (Å²) in [6.07, 6.45) is 0.601. The Bertz CT molecular complexity index is 909. The van der Waals surface area contributed by atoms with Crippen molar-refractivity contribution in [3.63, 3.8) is 0 Å². The van der Waals surface area contributed by atoms with Gasteiger partial charge in [0, 0.05) is 16.8 Å². The summed E-state index contributed by atoms with van der Waals surface area (Å²) in [5.41, 5.74) is 8.48. The molecule has 0 bridgehead atoms. The molecule has 3 aromatic rings.